The first-order chi connectivity index (χ1) is 11.8. The van der Waals surface area contributed by atoms with Gasteiger partial charge in [-0.2, -0.15) is 0 Å². The molecule has 0 aliphatic carbocycles. The van der Waals surface area contributed by atoms with Gasteiger partial charge in [0.2, 0.25) is 15.9 Å². The number of fused-ring (bicyclic) bond motifs is 1. The summed E-state index contributed by atoms with van der Waals surface area (Å²) in [6.07, 6.45) is 0.489. The zero-order chi connectivity index (χ0) is 18.4. The van der Waals surface area contributed by atoms with Gasteiger partial charge in [-0.3, -0.25) is 4.79 Å². The number of hydrogen-bond donors (Lipinski definition) is 2. The quantitative estimate of drug-likeness (QED) is 0.701. The summed E-state index contributed by atoms with van der Waals surface area (Å²) in [5, 5.41) is 9.24. The SMILES string of the molecule is CCOCC(=O)N1CCc2ccc(S(=O)(=O)NCC[C@H](C)O)cc2C1. The van der Waals surface area contributed by atoms with E-state index in [9.17, 15) is 18.3 Å². The molecule has 0 unspecified atom stereocenters. The lowest BCUT2D eigenvalue weighted by atomic mass is 10.00. The van der Waals surface area contributed by atoms with Gasteiger partial charge < -0.3 is 14.7 Å². The summed E-state index contributed by atoms with van der Waals surface area (Å²) in [4.78, 5) is 14.0. The summed E-state index contributed by atoms with van der Waals surface area (Å²) in [5.74, 6) is -0.0872. The summed E-state index contributed by atoms with van der Waals surface area (Å²) < 4.78 is 32.4. The van der Waals surface area contributed by atoms with Crippen LogP contribution in [0, 0.1) is 0 Å². The Morgan fingerprint density at radius 1 is 1.40 bits per heavy atom. The monoisotopic (exact) mass is 370 g/mol. The van der Waals surface area contributed by atoms with Crippen LogP contribution in [0.15, 0.2) is 23.1 Å². The van der Waals surface area contributed by atoms with Crippen LogP contribution < -0.4 is 4.72 Å². The maximum absolute atomic E-state index is 12.4. The van der Waals surface area contributed by atoms with E-state index in [2.05, 4.69) is 4.72 Å². The molecule has 2 rings (SSSR count). The molecule has 1 aliphatic heterocycles. The van der Waals surface area contributed by atoms with Crippen LogP contribution in [0.1, 0.15) is 31.4 Å². The molecule has 140 valence electrons. The molecule has 0 bridgehead atoms. The first-order valence-corrected chi connectivity index (χ1v) is 9.97. The van der Waals surface area contributed by atoms with Crippen molar-refractivity contribution in [3.63, 3.8) is 0 Å². The summed E-state index contributed by atoms with van der Waals surface area (Å²) >= 11 is 0. The Hall–Kier alpha value is -1.48. The molecule has 2 N–H and O–H groups in total. The number of ether oxygens (including phenoxy) is 1. The van der Waals surface area contributed by atoms with Crippen molar-refractivity contribution in [2.75, 3.05) is 26.3 Å². The zero-order valence-electron chi connectivity index (χ0n) is 14.7. The minimum atomic E-state index is -3.63. The van der Waals surface area contributed by atoms with Crippen molar-refractivity contribution >= 4 is 15.9 Å². The maximum atomic E-state index is 12.4. The Balaban J connectivity index is 2.09. The van der Waals surface area contributed by atoms with E-state index in [4.69, 9.17) is 4.74 Å². The normalized spacial score (nSPS) is 15.7. The molecule has 0 radical (unpaired) electrons. The van der Waals surface area contributed by atoms with E-state index in [0.29, 0.717) is 32.5 Å². The predicted octanol–water partition coefficient (Wildman–Crippen LogP) is 0.657. The molecule has 1 aromatic carbocycles. The molecule has 1 aromatic rings. The minimum Gasteiger partial charge on any atom is -0.393 e. The standard InChI is InChI=1S/C17H26N2O5S/c1-3-24-12-17(21)19-9-7-14-4-5-16(10-15(14)11-19)25(22,23)18-8-6-13(2)20/h4-5,10,13,18,20H,3,6-9,11-12H2,1-2H3/t13-/m0/s1. The average molecular weight is 370 g/mol. The van der Waals surface area contributed by atoms with Crippen molar-refractivity contribution in [1.29, 1.82) is 0 Å². The molecule has 0 saturated heterocycles. The van der Waals surface area contributed by atoms with Crippen molar-refractivity contribution in [2.24, 2.45) is 0 Å². The van der Waals surface area contributed by atoms with Crippen LogP contribution in [-0.2, 0) is 32.5 Å². The second kappa shape index (κ2) is 8.75. The molecule has 1 amide bonds. The van der Waals surface area contributed by atoms with Crippen molar-refractivity contribution < 1.29 is 23.1 Å². The highest BCUT2D eigenvalue weighted by molar-refractivity contribution is 7.89. The molecule has 8 heteroatoms. The maximum Gasteiger partial charge on any atom is 0.248 e. The van der Waals surface area contributed by atoms with Gasteiger partial charge in [-0.15, -0.1) is 0 Å². The fourth-order valence-corrected chi connectivity index (χ4v) is 3.78. The largest absolute Gasteiger partial charge is 0.393 e. The van der Waals surface area contributed by atoms with Crippen LogP contribution in [0.4, 0.5) is 0 Å². The Morgan fingerprint density at radius 2 is 2.16 bits per heavy atom. The number of sulfonamides is 1. The van der Waals surface area contributed by atoms with Gasteiger partial charge in [-0.1, -0.05) is 6.07 Å². The summed E-state index contributed by atoms with van der Waals surface area (Å²) in [6, 6.07) is 5.02. The second-order valence-electron chi connectivity index (χ2n) is 6.17. The van der Waals surface area contributed by atoms with E-state index < -0.39 is 16.1 Å². The van der Waals surface area contributed by atoms with Crippen LogP contribution >= 0.6 is 0 Å². The van der Waals surface area contributed by atoms with Gasteiger partial charge in [0.05, 0.1) is 11.0 Å². The number of carbonyl (C=O) groups is 1. The first kappa shape index (κ1) is 19.8. The number of benzene rings is 1. The predicted molar refractivity (Wildman–Crippen MR) is 93.5 cm³/mol. The molecule has 1 heterocycles. The number of nitrogens with zero attached hydrogens (tertiary/aromatic N) is 1. The minimum absolute atomic E-state index is 0.0464. The molecule has 1 atom stereocenters. The van der Waals surface area contributed by atoms with E-state index in [-0.39, 0.29) is 24.0 Å². The van der Waals surface area contributed by atoms with Gasteiger partial charge in [0.1, 0.15) is 6.61 Å². The van der Waals surface area contributed by atoms with Gasteiger partial charge >= 0.3 is 0 Å². The van der Waals surface area contributed by atoms with E-state index in [1.54, 1.807) is 24.0 Å². The van der Waals surface area contributed by atoms with Crippen LogP contribution in [-0.4, -0.2) is 56.7 Å². The van der Waals surface area contributed by atoms with Gasteiger partial charge in [-0.25, -0.2) is 13.1 Å². The number of hydrogen-bond acceptors (Lipinski definition) is 5. The molecule has 0 saturated carbocycles. The van der Waals surface area contributed by atoms with Crippen molar-refractivity contribution in [3.05, 3.63) is 29.3 Å². The third-order valence-corrected chi connectivity index (χ3v) is 5.60. The van der Waals surface area contributed by atoms with Crippen LogP contribution in [0.3, 0.4) is 0 Å². The zero-order valence-corrected chi connectivity index (χ0v) is 15.5. The summed E-state index contributed by atoms with van der Waals surface area (Å²) in [5.41, 5.74) is 1.90. The lowest BCUT2D eigenvalue weighted by Crippen LogP contribution is -2.38. The molecule has 7 nitrogen and oxygen atoms in total. The lowest BCUT2D eigenvalue weighted by molar-refractivity contribution is -0.136. The number of nitrogens with one attached hydrogen (secondary N) is 1. The molecular weight excluding hydrogens is 344 g/mol. The van der Waals surface area contributed by atoms with Crippen LogP contribution in [0.25, 0.3) is 0 Å². The fraction of sp³-hybridized carbons (Fsp3) is 0.588. The number of carbonyl (C=O) groups excluding carboxylic acids is 1. The van der Waals surface area contributed by atoms with Crippen molar-refractivity contribution in [3.8, 4) is 0 Å². The average Bonchev–Trinajstić information content (AvgIpc) is 2.58. The van der Waals surface area contributed by atoms with E-state index in [1.807, 2.05) is 13.0 Å². The Kier molecular flexibility index (Phi) is 6.95. The van der Waals surface area contributed by atoms with Gasteiger partial charge in [0.25, 0.3) is 0 Å². The van der Waals surface area contributed by atoms with E-state index >= 15 is 0 Å². The highest BCUT2D eigenvalue weighted by Gasteiger charge is 2.23. The van der Waals surface area contributed by atoms with Gasteiger partial charge in [0, 0.05) is 26.2 Å². The Labute approximate surface area is 149 Å². The highest BCUT2D eigenvalue weighted by atomic mass is 32.2. The van der Waals surface area contributed by atoms with Crippen molar-refractivity contribution in [1.82, 2.24) is 9.62 Å². The third-order valence-electron chi connectivity index (χ3n) is 4.14. The van der Waals surface area contributed by atoms with Crippen molar-refractivity contribution in [2.45, 2.75) is 44.2 Å². The molecule has 1 aliphatic rings. The first-order valence-electron chi connectivity index (χ1n) is 8.48. The molecule has 0 fully saturated rings. The van der Waals surface area contributed by atoms with E-state index in [0.717, 1.165) is 11.1 Å². The number of rotatable bonds is 8. The lowest BCUT2D eigenvalue weighted by Gasteiger charge is -2.29. The third kappa shape index (κ3) is 5.50. The van der Waals surface area contributed by atoms with E-state index in [1.165, 1.54) is 0 Å². The number of amides is 1. The summed E-state index contributed by atoms with van der Waals surface area (Å²) in [7, 11) is -3.63. The van der Waals surface area contributed by atoms with Gasteiger partial charge in [0.15, 0.2) is 0 Å². The number of aliphatic hydroxyl groups is 1. The van der Waals surface area contributed by atoms with Gasteiger partial charge in [-0.05, 0) is 49.9 Å². The smallest absolute Gasteiger partial charge is 0.248 e. The molecule has 0 aromatic heterocycles. The molecule has 0 spiro atoms. The second-order valence-corrected chi connectivity index (χ2v) is 7.94. The van der Waals surface area contributed by atoms with Crippen LogP contribution in [0.5, 0.6) is 0 Å². The topological polar surface area (TPSA) is 95.9 Å². The fourth-order valence-electron chi connectivity index (χ4n) is 2.68. The highest BCUT2D eigenvalue weighted by Crippen LogP contribution is 2.22. The Bertz CT molecular complexity index is 703. The molecular formula is C17H26N2O5S. The Morgan fingerprint density at radius 3 is 2.84 bits per heavy atom. The van der Waals surface area contributed by atoms with Crippen LogP contribution in [0.2, 0.25) is 0 Å². The summed E-state index contributed by atoms with van der Waals surface area (Å²) in [6.45, 7) is 5.15. The number of aliphatic hydroxyl groups excluding tert-OH is 1. The molecule has 25 heavy (non-hydrogen) atoms.